The molecule has 1 atom stereocenters. The van der Waals surface area contributed by atoms with Crippen molar-refractivity contribution < 1.29 is 19.0 Å². The number of rotatable bonds is 10. The third-order valence-corrected chi connectivity index (χ3v) is 4.06. The number of unbranched alkanes of at least 4 members (excludes halogenated alkanes) is 2. The average Bonchev–Trinajstić information content (AvgIpc) is 2.61. The van der Waals surface area contributed by atoms with Crippen molar-refractivity contribution >= 4 is 11.7 Å². The normalized spacial score (nSPS) is 13.0. The molecule has 0 aliphatic rings. The van der Waals surface area contributed by atoms with Gasteiger partial charge >= 0.3 is 5.97 Å². The summed E-state index contributed by atoms with van der Waals surface area (Å²) in [4.78, 5) is 12.5. The second-order valence-electron chi connectivity index (χ2n) is 5.79. The molecule has 0 amide bonds. The van der Waals surface area contributed by atoms with E-state index in [2.05, 4.69) is 6.92 Å². The van der Waals surface area contributed by atoms with Crippen molar-refractivity contribution in [1.82, 2.24) is 0 Å². The van der Waals surface area contributed by atoms with Crippen LogP contribution in [0.3, 0.4) is 0 Å². The smallest absolute Gasteiger partial charge is 0.337 e. The molecule has 24 heavy (non-hydrogen) atoms. The van der Waals surface area contributed by atoms with E-state index in [9.17, 15) is 4.79 Å². The lowest BCUT2D eigenvalue weighted by Crippen LogP contribution is -2.19. The molecule has 1 aromatic carbocycles. The van der Waals surface area contributed by atoms with E-state index in [1.54, 1.807) is 21.1 Å². The summed E-state index contributed by atoms with van der Waals surface area (Å²) in [5, 5.41) is 0. The van der Waals surface area contributed by atoms with Crippen molar-refractivity contribution in [3.8, 4) is 5.75 Å². The summed E-state index contributed by atoms with van der Waals surface area (Å²) < 4.78 is 16.5. The Bertz CT molecular complexity index is 548. The molecule has 0 aliphatic heterocycles. The third-order valence-electron chi connectivity index (χ3n) is 4.06. The van der Waals surface area contributed by atoms with Crippen molar-refractivity contribution in [2.45, 2.75) is 59.0 Å². The van der Waals surface area contributed by atoms with E-state index in [1.807, 2.05) is 31.2 Å². The molecule has 0 radical (unpaired) electrons. The van der Waals surface area contributed by atoms with Crippen LogP contribution in [0, 0.1) is 0 Å². The fraction of sp³-hybridized carbons (Fsp3) is 0.550. The SMILES string of the molecule is CCCCCC(CC)OC(=O)C(C)=C(OC)c1ccccc1OC. The summed E-state index contributed by atoms with van der Waals surface area (Å²) in [5.41, 5.74) is 1.20. The molecule has 1 aromatic rings. The van der Waals surface area contributed by atoms with Gasteiger partial charge in [0.15, 0.2) is 0 Å². The van der Waals surface area contributed by atoms with Crippen LogP contribution in [0.1, 0.15) is 58.4 Å². The molecule has 4 heteroatoms. The van der Waals surface area contributed by atoms with E-state index in [4.69, 9.17) is 14.2 Å². The molecule has 0 aromatic heterocycles. The molecule has 0 aliphatic carbocycles. The molecule has 4 nitrogen and oxygen atoms in total. The third kappa shape index (κ3) is 5.59. The van der Waals surface area contributed by atoms with Gasteiger partial charge in [-0.2, -0.15) is 0 Å². The Morgan fingerprint density at radius 3 is 2.42 bits per heavy atom. The maximum absolute atomic E-state index is 12.5. The molecular formula is C20H30O4. The van der Waals surface area contributed by atoms with E-state index in [-0.39, 0.29) is 12.1 Å². The van der Waals surface area contributed by atoms with Gasteiger partial charge in [-0.15, -0.1) is 0 Å². The molecule has 0 saturated carbocycles. The zero-order valence-corrected chi connectivity index (χ0v) is 15.6. The molecule has 1 unspecified atom stereocenters. The zero-order valence-electron chi connectivity index (χ0n) is 15.6. The number of hydrogen-bond donors (Lipinski definition) is 0. The van der Waals surface area contributed by atoms with Crippen molar-refractivity contribution in [3.05, 3.63) is 35.4 Å². The molecular weight excluding hydrogens is 304 g/mol. The van der Waals surface area contributed by atoms with Crippen molar-refractivity contribution in [2.24, 2.45) is 0 Å². The Hall–Kier alpha value is -1.97. The van der Waals surface area contributed by atoms with Gasteiger partial charge in [-0.25, -0.2) is 4.79 Å². The van der Waals surface area contributed by atoms with Gasteiger partial charge < -0.3 is 14.2 Å². The van der Waals surface area contributed by atoms with Crippen LogP contribution in [-0.2, 0) is 14.3 Å². The summed E-state index contributed by atoms with van der Waals surface area (Å²) >= 11 is 0. The van der Waals surface area contributed by atoms with E-state index < -0.39 is 0 Å². The Morgan fingerprint density at radius 2 is 1.83 bits per heavy atom. The first-order valence-corrected chi connectivity index (χ1v) is 8.68. The average molecular weight is 334 g/mol. The van der Waals surface area contributed by atoms with Gasteiger partial charge in [0.25, 0.3) is 0 Å². The van der Waals surface area contributed by atoms with Crippen LogP contribution in [0.15, 0.2) is 29.8 Å². The zero-order chi connectivity index (χ0) is 17.9. The van der Waals surface area contributed by atoms with Crippen LogP contribution in [0.25, 0.3) is 5.76 Å². The van der Waals surface area contributed by atoms with E-state index in [1.165, 1.54) is 0 Å². The Kier molecular flexibility index (Phi) is 8.98. The van der Waals surface area contributed by atoms with Crippen LogP contribution >= 0.6 is 0 Å². The van der Waals surface area contributed by atoms with Gasteiger partial charge in [0, 0.05) is 0 Å². The lowest BCUT2D eigenvalue weighted by molar-refractivity contribution is -0.144. The molecule has 134 valence electrons. The van der Waals surface area contributed by atoms with Crippen LogP contribution in [0.4, 0.5) is 0 Å². The summed E-state index contributed by atoms with van der Waals surface area (Å²) in [6.45, 7) is 5.94. The largest absolute Gasteiger partial charge is 0.496 e. The monoisotopic (exact) mass is 334 g/mol. The summed E-state index contributed by atoms with van der Waals surface area (Å²) in [7, 11) is 3.15. The molecule has 0 N–H and O–H groups in total. The van der Waals surface area contributed by atoms with Crippen LogP contribution in [0.2, 0.25) is 0 Å². The lowest BCUT2D eigenvalue weighted by Gasteiger charge is -2.18. The van der Waals surface area contributed by atoms with Gasteiger partial charge in [-0.05, 0) is 38.3 Å². The summed E-state index contributed by atoms with van der Waals surface area (Å²) in [5.74, 6) is 0.818. The first-order valence-electron chi connectivity index (χ1n) is 8.68. The van der Waals surface area contributed by atoms with Crippen molar-refractivity contribution in [3.63, 3.8) is 0 Å². The summed E-state index contributed by atoms with van der Waals surface area (Å²) in [6, 6.07) is 7.47. The Morgan fingerprint density at radius 1 is 1.12 bits per heavy atom. The van der Waals surface area contributed by atoms with Crippen LogP contribution < -0.4 is 4.74 Å². The highest BCUT2D eigenvalue weighted by atomic mass is 16.5. The molecule has 0 bridgehead atoms. The predicted octanol–water partition coefficient (Wildman–Crippen LogP) is 4.97. The minimum atomic E-state index is -0.332. The highest BCUT2D eigenvalue weighted by molar-refractivity contribution is 5.96. The predicted molar refractivity (Wildman–Crippen MR) is 96.9 cm³/mol. The highest BCUT2D eigenvalue weighted by Crippen LogP contribution is 2.29. The second kappa shape index (κ2) is 10.7. The molecule has 1 rings (SSSR count). The second-order valence-corrected chi connectivity index (χ2v) is 5.79. The number of hydrogen-bond acceptors (Lipinski definition) is 4. The standard InChI is InChI=1S/C20H30O4/c1-6-8-9-12-16(7-2)24-20(21)15(3)19(23-5)17-13-10-11-14-18(17)22-4/h10-11,13-14,16H,6-9,12H2,1-5H3. The van der Waals surface area contributed by atoms with Gasteiger partial charge in [-0.3, -0.25) is 0 Å². The number of ether oxygens (including phenoxy) is 3. The van der Waals surface area contributed by atoms with E-state index in [0.29, 0.717) is 17.1 Å². The molecule has 0 fully saturated rings. The number of methoxy groups -OCH3 is 2. The van der Waals surface area contributed by atoms with Gasteiger partial charge in [-0.1, -0.05) is 38.8 Å². The number of benzene rings is 1. The maximum Gasteiger partial charge on any atom is 0.337 e. The first kappa shape index (κ1) is 20.1. The molecule has 0 saturated heterocycles. The van der Waals surface area contributed by atoms with Gasteiger partial charge in [0.1, 0.15) is 17.6 Å². The maximum atomic E-state index is 12.5. The Balaban J connectivity index is 2.94. The van der Waals surface area contributed by atoms with Crippen molar-refractivity contribution in [1.29, 1.82) is 0 Å². The van der Waals surface area contributed by atoms with Crippen LogP contribution in [-0.4, -0.2) is 26.3 Å². The van der Waals surface area contributed by atoms with Crippen LogP contribution in [0.5, 0.6) is 5.75 Å². The first-order chi connectivity index (χ1) is 11.6. The minimum absolute atomic E-state index is 0.0465. The summed E-state index contributed by atoms with van der Waals surface area (Å²) in [6.07, 6.45) is 5.07. The minimum Gasteiger partial charge on any atom is -0.496 e. The topological polar surface area (TPSA) is 44.8 Å². The number of carbonyl (C=O) groups is 1. The van der Waals surface area contributed by atoms with Gasteiger partial charge in [0.05, 0.1) is 25.4 Å². The van der Waals surface area contributed by atoms with Gasteiger partial charge in [0.2, 0.25) is 0 Å². The number of para-hydroxylation sites is 1. The van der Waals surface area contributed by atoms with E-state index >= 15 is 0 Å². The molecule has 0 heterocycles. The quantitative estimate of drug-likeness (QED) is 0.262. The molecule has 0 spiro atoms. The number of esters is 1. The lowest BCUT2D eigenvalue weighted by atomic mass is 10.1. The van der Waals surface area contributed by atoms with Crippen molar-refractivity contribution in [2.75, 3.05) is 14.2 Å². The fourth-order valence-electron chi connectivity index (χ4n) is 2.60. The fourth-order valence-corrected chi connectivity index (χ4v) is 2.60. The van der Waals surface area contributed by atoms with E-state index in [0.717, 1.165) is 37.7 Å². The Labute approximate surface area is 145 Å². The highest BCUT2D eigenvalue weighted by Gasteiger charge is 2.20. The number of carbonyl (C=O) groups excluding carboxylic acids is 1.